The van der Waals surface area contributed by atoms with Gasteiger partial charge in [-0.2, -0.15) is 0 Å². The van der Waals surface area contributed by atoms with Gasteiger partial charge in [-0.15, -0.1) is 0 Å². The summed E-state index contributed by atoms with van der Waals surface area (Å²) in [5.41, 5.74) is 7.32. The molecule has 0 aliphatic carbocycles. The van der Waals surface area contributed by atoms with E-state index in [1.807, 2.05) is 38.1 Å². The van der Waals surface area contributed by atoms with Crippen molar-refractivity contribution in [2.45, 2.75) is 44.9 Å². The minimum Gasteiger partial charge on any atom is -0.326 e. The molecule has 1 aromatic rings. The molecule has 2 unspecified atom stereocenters. The zero-order valence-electron chi connectivity index (χ0n) is 12.2. The monoisotopic (exact) mass is 296 g/mol. The Morgan fingerprint density at radius 1 is 1.35 bits per heavy atom. The summed E-state index contributed by atoms with van der Waals surface area (Å²) in [6.45, 7) is 4.51. The Labute approximate surface area is 123 Å². The molecule has 1 amide bonds. The van der Waals surface area contributed by atoms with Crippen LogP contribution in [0, 0.1) is 0 Å². The molecule has 20 heavy (non-hydrogen) atoms. The van der Waals surface area contributed by atoms with Crippen LogP contribution in [0.1, 0.15) is 38.7 Å². The van der Waals surface area contributed by atoms with Gasteiger partial charge in [0.15, 0.2) is 0 Å². The van der Waals surface area contributed by atoms with Crippen LogP contribution in [0.2, 0.25) is 0 Å². The molecule has 0 bridgehead atoms. The van der Waals surface area contributed by atoms with Crippen LogP contribution < -0.4 is 11.1 Å². The van der Waals surface area contributed by atoms with Gasteiger partial charge in [-0.05, 0) is 30.5 Å². The molecule has 112 valence electrons. The minimum atomic E-state index is -0.826. The van der Waals surface area contributed by atoms with Crippen molar-refractivity contribution in [2.24, 2.45) is 5.73 Å². The lowest BCUT2D eigenvalue weighted by molar-refractivity contribution is -0.116. The van der Waals surface area contributed by atoms with E-state index in [1.165, 1.54) is 0 Å². The maximum atomic E-state index is 11.8. The molecule has 0 saturated heterocycles. The summed E-state index contributed by atoms with van der Waals surface area (Å²) < 4.78 is 11.8. The number of nitrogens with one attached hydrogen (secondary N) is 1. The minimum absolute atomic E-state index is 0.0355. The van der Waals surface area contributed by atoms with E-state index in [0.717, 1.165) is 17.7 Å². The number of amides is 1. The molecule has 0 fully saturated rings. The molecular formula is C15H24N2O2S. The van der Waals surface area contributed by atoms with E-state index in [0.29, 0.717) is 25.1 Å². The lowest BCUT2D eigenvalue weighted by atomic mass is 10.2. The Hall–Kier alpha value is -1.20. The van der Waals surface area contributed by atoms with E-state index >= 15 is 0 Å². The van der Waals surface area contributed by atoms with Crippen molar-refractivity contribution in [1.82, 2.24) is 0 Å². The van der Waals surface area contributed by atoms with E-state index in [-0.39, 0.29) is 11.2 Å². The summed E-state index contributed by atoms with van der Waals surface area (Å²) in [5, 5.41) is 3.04. The zero-order valence-corrected chi connectivity index (χ0v) is 13.0. The Morgan fingerprint density at radius 2 is 2.00 bits per heavy atom. The largest absolute Gasteiger partial charge is 0.326 e. The SMILES string of the molecule is CCC(C)S(=O)CCCC(=O)Nc1ccc(CN)cc1. The fourth-order valence-electron chi connectivity index (χ4n) is 1.71. The van der Waals surface area contributed by atoms with Gasteiger partial charge in [-0.3, -0.25) is 9.00 Å². The van der Waals surface area contributed by atoms with Gasteiger partial charge in [-0.25, -0.2) is 0 Å². The van der Waals surface area contributed by atoms with Crippen LogP contribution in [0.25, 0.3) is 0 Å². The fourth-order valence-corrected chi connectivity index (χ4v) is 2.91. The van der Waals surface area contributed by atoms with Crippen molar-refractivity contribution < 1.29 is 9.00 Å². The van der Waals surface area contributed by atoms with E-state index in [2.05, 4.69) is 5.32 Å². The van der Waals surface area contributed by atoms with Crippen molar-refractivity contribution in [1.29, 1.82) is 0 Å². The number of hydrogen-bond acceptors (Lipinski definition) is 3. The van der Waals surface area contributed by atoms with Crippen molar-refractivity contribution in [3.8, 4) is 0 Å². The number of anilines is 1. The normalized spacial score (nSPS) is 13.8. The molecule has 2 atom stereocenters. The molecule has 1 rings (SSSR count). The maximum absolute atomic E-state index is 11.8. The van der Waals surface area contributed by atoms with Gasteiger partial charge < -0.3 is 11.1 Å². The molecule has 0 aliphatic heterocycles. The Balaban J connectivity index is 2.31. The molecule has 0 aromatic heterocycles. The molecule has 0 heterocycles. The fraction of sp³-hybridized carbons (Fsp3) is 0.533. The lowest BCUT2D eigenvalue weighted by Gasteiger charge is -2.09. The second-order valence-corrected chi connectivity index (χ2v) is 6.83. The van der Waals surface area contributed by atoms with E-state index < -0.39 is 10.8 Å². The highest BCUT2D eigenvalue weighted by molar-refractivity contribution is 7.85. The van der Waals surface area contributed by atoms with Crippen LogP contribution in [0.3, 0.4) is 0 Å². The molecular weight excluding hydrogens is 272 g/mol. The van der Waals surface area contributed by atoms with E-state index in [9.17, 15) is 9.00 Å². The average Bonchev–Trinajstić information content (AvgIpc) is 2.47. The topological polar surface area (TPSA) is 72.2 Å². The van der Waals surface area contributed by atoms with Crippen LogP contribution >= 0.6 is 0 Å². The Morgan fingerprint density at radius 3 is 2.55 bits per heavy atom. The number of hydrogen-bond donors (Lipinski definition) is 2. The van der Waals surface area contributed by atoms with Gasteiger partial charge >= 0.3 is 0 Å². The van der Waals surface area contributed by atoms with Crippen LogP contribution in [-0.2, 0) is 22.1 Å². The third-order valence-electron chi connectivity index (χ3n) is 3.25. The maximum Gasteiger partial charge on any atom is 0.224 e. The van der Waals surface area contributed by atoms with Gasteiger partial charge in [0.1, 0.15) is 0 Å². The molecule has 0 aliphatic rings. The molecule has 0 radical (unpaired) electrons. The number of rotatable bonds is 8. The van der Waals surface area contributed by atoms with E-state index in [1.54, 1.807) is 0 Å². The highest BCUT2D eigenvalue weighted by Crippen LogP contribution is 2.10. The second-order valence-electron chi connectivity index (χ2n) is 4.86. The standard InChI is InChI=1S/C15H24N2O2S/c1-3-12(2)20(19)10-4-5-15(18)17-14-8-6-13(11-16)7-9-14/h6-9,12H,3-5,10-11,16H2,1-2H3,(H,17,18). The van der Waals surface area contributed by atoms with Crippen LogP contribution in [0.15, 0.2) is 24.3 Å². The first-order chi connectivity index (χ1) is 9.56. The molecule has 0 saturated carbocycles. The lowest BCUT2D eigenvalue weighted by Crippen LogP contribution is -2.16. The highest BCUT2D eigenvalue weighted by Gasteiger charge is 2.09. The van der Waals surface area contributed by atoms with Crippen molar-refractivity contribution >= 4 is 22.4 Å². The van der Waals surface area contributed by atoms with Crippen LogP contribution in [0.4, 0.5) is 5.69 Å². The summed E-state index contributed by atoms with van der Waals surface area (Å²) >= 11 is 0. The number of nitrogens with two attached hydrogens (primary N) is 1. The first-order valence-electron chi connectivity index (χ1n) is 7.02. The van der Waals surface area contributed by atoms with Gasteiger partial charge in [0.2, 0.25) is 5.91 Å². The summed E-state index contributed by atoms with van der Waals surface area (Å²) in [4.78, 5) is 11.8. The number of carbonyl (C=O) groups is 1. The highest BCUT2D eigenvalue weighted by atomic mass is 32.2. The van der Waals surface area contributed by atoms with E-state index in [4.69, 9.17) is 5.73 Å². The van der Waals surface area contributed by atoms with Crippen LogP contribution in [-0.4, -0.2) is 21.1 Å². The molecule has 5 heteroatoms. The molecule has 1 aromatic carbocycles. The molecule has 3 N–H and O–H groups in total. The van der Waals surface area contributed by atoms with Gasteiger partial charge in [0.05, 0.1) is 0 Å². The Kier molecular flexibility index (Phi) is 7.47. The average molecular weight is 296 g/mol. The van der Waals surface area contributed by atoms with Gasteiger partial charge in [0, 0.05) is 40.5 Å². The third kappa shape index (κ3) is 5.84. The van der Waals surface area contributed by atoms with Gasteiger partial charge in [0.25, 0.3) is 0 Å². The summed E-state index contributed by atoms with van der Waals surface area (Å²) in [6, 6.07) is 7.48. The summed E-state index contributed by atoms with van der Waals surface area (Å²) in [7, 11) is -0.826. The van der Waals surface area contributed by atoms with Crippen molar-refractivity contribution in [3.63, 3.8) is 0 Å². The van der Waals surface area contributed by atoms with Gasteiger partial charge in [-0.1, -0.05) is 26.0 Å². The predicted molar refractivity (Wildman–Crippen MR) is 85.0 cm³/mol. The summed E-state index contributed by atoms with van der Waals surface area (Å²) in [6.07, 6.45) is 1.97. The number of carbonyl (C=O) groups excluding carboxylic acids is 1. The Bertz CT molecular complexity index is 446. The summed E-state index contributed by atoms with van der Waals surface area (Å²) in [5.74, 6) is 0.556. The third-order valence-corrected chi connectivity index (χ3v) is 5.17. The second kappa shape index (κ2) is 8.87. The van der Waals surface area contributed by atoms with Crippen molar-refractivity contribution in [3.05, 3.63) is 29.8 Å². The van der Waals surface area contributed by atoms with Crippen LogP contribution in [0.5, 0.6) is 0 Å². The first-order valence-corrected chi connectivity index (χ1v) is 8.41. The quantitative estimate of drug-likeness (QED) is 0.774. The zero-order chi connectivity index (χ0) is 15.0. The first kappa shape index (κ1) is 16.9. The van der Waals surface area contributed by atoms with Crippen molar-refractivity contribution in [2.75, 3.05) is 11.1 Å². The predicted octanol–water partition coefficient (Wildman–Crippen LogP) is 2.41. The smallest absolute Gasteiger partial charge is 0.224 e. The molecule has 0 spiro atoms. The molecule has 4 nitrogen and oxygen atoms in total. The number of benzene rings is 1.